The first-order chi connectivity index (χ1) is 13.0. The van der Waals surface area contributed by atoms with Gasteiger partial charge in [-0.2, -0.15) is 0 Å². The summed E-state index contributed by atoms with van der Waals surface area (Å²) in [6.45, 7) is 0.324. The number of carbonyl (C=O) groups excluding carboxylic acids is 2. The Bertz CT molecular complexity index is 859. The topological polar surface area (TPSA) is 79.9 Å². The number of benzene rings is 2. The number of amides is 3. The molecule has 0 spiro atoms. The van der Waals surface area contributed by atoms with Gasteiger partial charge in [0.25, 0.3) is 0 Å². The lowest BCUT2D eigenvalue weighted by Crippen LogP contribution is -2.39. The highest BCUT2D eigenvalue weighted by atomic mass is 19.1. The van der Waals surface area contributed by atoms with Crippen molar-refractivity contribution in [2.75, 3.05) is 31.0 Å². The highest BCUT2D eigenvalue weighted by molar-refractivity contribution is 5.98. The fourth-order valence-corrected chi connectivity index (χ4v) is 2.97. The van der Waals surface area contributed by atoms with Crippen LogP contribution >= 0.6 is 0 Å². The zero-order valence-electron chi connectivity index (χ0n) is 15.0. The number of hydrogen-bond acceptors (Lipinski definition) is 4. The Hall–Kier alpha value is -3.29. The van der Waals surface area contributed by atoms with E-state index in [0.29, 0.717) is 29.4 Å². The summed E-state index contributed by atoms with van der Waals surface area (Å²) in [5, 5.41) is 5.29. The molecule has 0 aromatic heterocycles. The van der Waals surface area contributed by atoms with Crippen molar-refractivity contribution in [3.05, 3.63) is 48.3 Å². The van der Waals surface area contributed by atoms with Crippen molar-refractivity contribution in [1.29, 1.82) is 0 Å². The van der Waals surface area contributed by atoms with Crippen molar-refractivity contribution in [2.45, 2.75) is 12.5 Å². The fourth-order valence-electron chi connectivity index (χ4n) is 2.97. The van der Waals surface area contributed by atoms with Crippen molar-refractivity contribution < 1.29 is 23.5 Å². The van der Waals surface area contributed by atoms with E-state index in [-0.39, 0.29) is 18.4 Å². The number of nitrogens with one attached hydrogen (secondary N) is 2. The van der Waals surface area contributed by atoms with Crippen LogP contribution in [0.1, 0.15) is 6.42 Å². The lowest BCUT2D eigenvalue weighted by molar-refractivity contribution is -0.117. The molecule has 1 saturated heterocycles. The van der Waals surface area contributed by atoms with Gasteiger partial charge in [-0.3, -0.25) is 4.79 Å². The van der Waals surface area contributed by atoms with Gasteiger partial charge in [0.15, 0.2) is 11.5 Å². The molecule has 3 amide bonds. The Balaban J connectivity index is 1.64. The van der Waals surface area contributed by atoms with E-state index in [9.17, 15) is 14.0 Å². The Labute approximate surface area is 156 Å². The summed E-state index contributed by atoms with van der Waals surface area (Å²) in [6, 6.07) is 9.93. The van der Waals surface area contributed by atoms with Gasteiger partial charge in [-0.1, -0.05) is 6.07 Å². The maximum absolute atomic E-state index is 13.2. The van der Waals surface area contributed by atoms with Crippen LogP contribution in [0.4, 0.5) is 20.6 Å². The molecule has 1 aliphatic rings. The average molecular weight is 373 g/mol. The minimum absolute atomic E-state index is 0.113. The predicted molar refractivity (Wildman–Crippen MR) is 98.9 cm³/mol. The van der Waals surface area contributed by atoms with Crippen molar-refractivity contribution in [1.82, 2.24) is 5.32 Å². The van der Waals surface area contributed by atoms with E-state index in [1.54, 1.807) is 29.2 Å². The SMILES string of the molecule is COc1ccc(N2C[C@H](NC(=O)Nc3cccc(F)c3)CC2=O)cc1OC. The molecule has 0 bridgehead atoms. The van der Waals surface area contributed by atoms with Crippen LogP contribution in [-0.2, 0) is 4.79 Å². The zero-order valence-corrected chi connectivity index (χ0v) is 15.0. The second kappa shape index (κ2) is 7.94. The van der Waals surface area contributed by atoms with Crippen molar-refractivity contribution in [2.24, 2.45) is 0 Å². The monoisotopic (exact) mass is 373 g/mol. The van der Waals surface area contributed by atoms with E-state index < -0.39 is 11.8 Å². The molecular weight excluding hydrogens is 353 g/mol. The highest BCUT2D eigenvalue weighted by Gasteiger charge is 2.32. The summed E-state index contributed by atoms with van der Waals surface area (Å²) in [5.41, 5.74) is 1.00. The molecule has 8 heteroatoms. The van der Waals surface area contributed by atoms with Crippen LogP contribution in [0.3, 0.4) is 0 Å². The number of anilines is 2. The standard InChI is InChI=1S/C19H20FN3O4/c1-26-16-7-6-15(10-17(16)27-2)23-11-14(9-18(23)24)22-19(25)21-13-5-3-4-12(20)8-13/h3-8,10,14H,9,11H2,1-2H3,(H2,21,22,25)/t14-/m1/s1. The van der Waals surface area contributed by atoms with Gasteiger partial charge >= 0.3 is 6.03 Å². The highest BCUT2D eigenvalue weighted by Crippen LogP contribution is 2.33. The third-order valence-electron chi connectivity index (χ3n) is 4.22. The van der Waals surface area contributed by atoms with Crippen LogP contribution in [-0.4, -0.2) is 38.7 Å². The molecule has 0 saturated carbocycles. The lowest BCUT2D eigenvalue weighted by Gasteiger charge is -2.19. The number of carbonyl (C=O) groups is 2. The van der Waals surface area contributed by atoms with Crippen molar-refractivity contribution in [3.8, 4) is 11.5 Å². The first-order valence-corrected chi connectivity index (χ1v) is 8.35. The van der Waals surface area contributed by atoms with Gasteiger partial charge in [0.1, 0.15) is 5.82 Å². The third kappa shape index (κ3) is 4.28. The maximum Gasteiger partial charge on any atom is 0.319 e. The van der Waals surface area contributed by atoms with Gasteiger partial charge in [-0.25, -0.2) is 9.18 Å². The van der Waals surface area contributed by atoms with E-state index in [4.69, 9.17) is 9.47 Å². The van der Waals surface area contributed by atoms with Crippen LogP contribution < -0.4 is 25.0 Å². The molecule has 0 radical (unpaired) electrons. The Kier molecular flexibility index (Phi) is 5.44. The predicted octanol–water partition coefficient (Wildman–Crippen LogP) is 2.77. The maximum atomic E-state index is 13.2. The fraction of sp³-hybridized carbons (Fsp3) is 0.263. The Morgan fingerprint density at radius 1 is 1.15 bits per heavy atom. The molecular formula is C19H20FN3O4. The van der Waals surface area contributed by atoms with Crippen LogP contribution in [0.2, 0.25) is 0 Å². The van der Waals surface area contributed by atoms with Crippen molar-refractivity contribution >= 4 is 23.3 Å². The molecule has 7 nitrogen and oxygen atoms in total. The molecule has 0 unspecified atom stereocenters. The largest absolute Gasteiger partial charge is 0.493 e. The molecule has 1 heterocycles. The summed E-state index contributed by atoms with van der Waals surface area (Å²) >= 11 is 0. The number of hydrogen-bond donors (Lipinski definition) is 2. The molecule has 2 aromatic carbocycles. The Morgan fingerprint density at radius 3 is 2.63 bits per heavy atom. The average Bonchev–Trinajstić information content (AvgIpc) is 3.01. The summed E-state index contributed by atoms with van der Waals surface area (Å²) in [5.74, 6) is 0.529. The molecule has 1 fully saturated rings. The Morgan fingerprint density at radius 2 is 1.93 bits per heavy atom. The number of rotatable bonds is 5. The summed E-state index contributed by atoms with van der Waals surface area (Å²) in [4.78, 5) is 26.0. The van der Waals surface area contributed by atoms with E-state index in [2.05, 4.69) is 10.6 Å². The van der Waals surface area contributed by atoms with Crippen LogP contribution in [0.15, 0.2) is 42.5 Å². The van der Waals surface area contributed by atoms with Gasteiger partial charge in [0.2, 0.25) is 5.91 Å². The van der Waals surface area contributed by atoms with Gasteiger partial charge in [0, 0.05) is 30.4 Å². The molecule has 3 rings (SSSR count). The summed E-state index contributed by atoms with van der Waals surface area (Å²) in [6.07, 6.45) is 0.172. The number of nitrogens with zero attached hydrogens (tertiary/aromatic N) is 1. The van der Waals surface area contributed by atoms with Gasteiger partial charge < -0.3 is 25.0 Å². The van der Waals surface area contributed by atoms with Gasteiger partial charge in [-0.15, -0.1) is 0 Å². The number of ether oxygens (including phenoxy) is 2. The van der Waals surface area contributed by atoms with Crippen LogP contribution in [0.5, 0.6) is 11.5 Å². The second-order valence-electron chi connectivity index (χ2n) is 6.05. The molecule has 142 valence electrons. The van der Waals surface area contributed by atoms with E-state index in [1.807, 2.05) is 0 Å². The van der Waals surface area contributed by atoms with Gasteiger partial charge in [-0.05, 0) is 30.3 Å². The molecule has 2 N–H and O–H groups in total. The number of methoxy groups -OCH3 is 2. The van der Waals surface area contributed by atoms with E-state index in [1.165, 1.54) is 32.4 Å². The smallest absolute Gasteiger partial charge is 0.319 e. The van der Waals surface area contributed by atoms with Crippen molar-refractivity contribution in [3.63, 3.8) is 0 Å². The van der Waals surface area contributed by atoms with E-state index >= 15 is 0 Å². The number of urea groups is 1. The summed E-state index contributed by atoms with van der Waals surface area (Å²) < 4.78 is 23.7. The number of halogens is 1. The second-order valence-corrected chi connectivity index (χ2v) is 6.05. The molecule has 1 aliphatic heterocycles. The first-order valence-electron chi connectivity index (χ1n) is 8.35. The molecule has 2 aromatic rings. The van der Waals surface area contributed by atoms with E-state index in [0.717, 1.165) is 0 Å². The normalized spacial score (nSPS) is 16.2. The molecule has 0 aliphatic carbocycles. The first kappa shape index (κ1) is 18.5. The zero-order chi connectivity index (χ0) is 19.4. The van der Waals surface area contributed by atoms with Gasteiger partial charge in [0.05, 0.1) is 20.3 Å². The minimum Gasteiger partial charge on any atom is -0.493 e. The molecule has 27 heavy (non-hydrogen) atoms. The van der Waals surface area contributed by atoms with Crippen LogP contribution in [0.25, 0.3) is 0 Å². The summed E-state index contributed by atoms with van der Waals surface area (Å²) in [7, 11) is 3.06. The molecule has 1 atom stereocenters. The lowest BCUT2D eigenvalue weighted by atomic mass is 10.2. The quantitative estimate of drug-likeness (QED) is 0.845. The minimum atomic E-state index is -0.493. The third-order valence-corrected chi connectivity index (χ3v) is 4.22. The van der Waals surface area contributed by atoms with Crippen LogP contribution in [0, 0.1) is 5.82 Å².